The van der Waals surface area contributed by atoms with Crippen LogP contribution in [0.5, 0.6) is 0 Å². The lowest BCUT2D eigenvalue weighted by Crippen LogP contribution is -2.53. The molecule has 1 aliphatic carbocycles. The van der Waals surface area contributed by atoms with Gasteiger partial charge in [0, 0.05) is 38.4 Å². The number of nitrogens with one attached hydrogen (secondary N) is 1. The fraction of sp³-hybridized carbons (Fsp3) is 0.240. The van der Waals surface area contributed by atoms with Crippen molar-refractivity contribution in [2.45, 2.75) is 31.6 Å². The first-order valence-corrected chi connectivity index (χ1v) is 12.2. The van der Waals surface area contributed by atoms with E-state index in [0.717, 1.165) is 6.07 Å². The molecule has 2 aliphatic heterocycles. The zero-order chi connectivity index (χ0) is 25.1. The summed E-state index contributed by atoms with van der Waals surface area (Å²) >= 11 is 9.39. The van der Waals surface area contributed by atoms with Crippen LogP contribution in [0.4, 0.5) is 15.8 Å². The molecule has 1 amide bonds. The van der Waals surface area contributed by atoms with Gasteiger partial charge in [0.25, 0.3) is 0 Å². The van der Waals surface area contributed by atoms with Crippen molar-refractivity contribution < 1.29 is 23.5 Å². The molecule has 0 saturated carbocycles. The summed E-state index contributed by atoms with van der Waals surface area (Å²) in [4.78, 5) is 42.2. The van der Waals surface area contributed by atoms with Gasteiger partial charge in [0.2, 0.25) is 5.91 Å². The summed E-state index contributed by atoms with van der Waals surface area (Å²) in [5, 5.41) is 2.98. The van der Waals surface area contributed by atoms with E-state index in [-0.39, 0.29) is 46.5 Å². The summed E-state index contributed by atoms with van der Waals surface area (Å²) in [7, 11) is 0. The number of anilines is 2. The van der Waals surface area contributed by atoms with Crippen LogP contribution in [0.3, 0.4) is 0 Å². The number of nitrogens with zero attached hydrogens (tertiary/aromatic N) is 1. The molecular weight excluding hydrogens is 541 g/mol. The minimum Gasteiger partial charge on any atom is -0.462 e. The Morgan fingerprint density at radius 2 is 2.03 bits per heavy atom. The van der Waals surface area contributed by atoms with Crippen molar-refractivity contribution >= 4 is 56.6 Å². The fourth-order valence-corrected chi connectivity index (χ4v) is 5.74. The zero-order valence-corrected chi connectivity index (χ0v) is 20.9. The minimum atomic E-state index is -1.83. The molecular formula is C25H20BrClFN3O4. The van der Waals surface area contributed by atoms with E-state index in [1.165, 1.54) is 17.0 Å². The molecule has 180 valence electrons. The second-order valence-electron chi connectivity index (χ2n) is 8.40. The van der Waals surface area contributed by atoms with Crippen LogP contribution in [0.25, 0.3) is 0 Å². The second kappa shape index (κ2) is 8.49. The van der Waals surface area contributed by atoms with Gasteiger partial charge in [0.15, 0.2) is 5.78 Å². The Kier molecular flexibility index (Phi) is 5.72. The van der Waals surface area contributed by atoms with Crippen LogP contribution in [-0.2, 0) is 24.5 Å². The highest BCUT2D eigenvalue weighted by Crippen LogP contribution is 2.56. The van der Waals surface area contributed by atoms with Crippen molar-refractivity contribution in [2.24, 2.45) is 5.73 Å². The van der Waals surface area contributed by atoms with Gasteiger partial charge in [-0.05, 0) is 56.2 Å². The predicted molar refractivity (Wildman–Crippen MR) is 132 cm³/mol. The maximum atomic E-state index is 15.2. The average molecular weight is 561 g/mol. The van der Waals surface area contributed by atoms with E-state index in [0.29, 0.717) is 34.3 Å². The highest BCUT2D eigenvalue weighted by molar-refractivity contribution is 9.10. The third-order valence-corrected chi connectivity index (χ3v) is 7.23. The molecule has 0 aromatic heterocycles. The number of fused-ring (bicyclic) bond motifs is 3. The summed E-state index contributed by atoms with van der Waals surface area (Å²) in [6, 6.07) is 9.15. The molecule has 5 rings (SSSR count). The van der Waals surface area contributed by atoms with Gasteiger partial charge < -0.3 is 15.8 Å². The molecule has 7 nitrogen and oxygen atoms in total. The first-order chi connectivity index (χ1) is 16.7. The average Bonchev–Trinajstić information content (AvgIpc) is 3.07. The lowest BCUT2D eigenvalue weighted by Gasteiger charge is -2.44. The molecule has 0 bridgehead atoms. The lowest BCUT2D eigenvalue weighted by molar-refractivity contribution is -0.140. The number of carbonyl (C=O) groups is 3. The molecule has 1 unspecified atom stereocenters. The van der Waals surface area contributed by atoms with Gasteiger partial charge >= 0.3 is 5.97 Å². The molecule has 2 aromatic carbocycles. The van der Waals surface area contributed by atoms with E-state index in [4.69, 9.17) is 22.1 Å². The highest BCUT2D eigenvalue weighted by Gasteiger charge is 2.62. The Bertz CT molecular complexity index is 1390. The Hall–Kier alpha value is -3.17. The van der Waals surface area contributed by atoms with E-state index < -0.39 is 23.1 Å². The zero-order valence-electron chi connectivity index (χ0n) is 18.6. The van der Waals surface area contributed by atoms with E-state index in [2.05, 4.69) is 21.2 Å². The van der Waals surface area contributed by atoms with Crippen molar-refractivity contribution in [3.05, 3.63) is 79.9 Å². The molecule has 0 fully saturated rings. The summed E-state index contributed by atoms with van der Waals surface area (Å²) in [6.07, 6.45) is 0.997. The van der Waals surface area contributed by atoms with E-state index in [9.17, 15) is 14.4 Å². The van der Waals surface area contributed by atoms with Gasteiger partial charge in [-0.25, -0.2) is 9.18 Å². The van der Waals surface area contributed by atoms with Gasteiger partial charge in [-0.3, -0.25) is 14.5 Å². The number of hydrogen-bond acceptors (Lipinski definition) is 6. The third kappa shape index (κ3) is 3.32. The maximum absolute atomic E-state index is 15.2. The van der Waals surface area contributed by atoms with Crippen LogP contribution >= 0.6 is 27.5 Å². The van der Waals surface area contributed by atoms with Crippen LogP contribution in [0.15, 0.2) is 63.5 Å². The lowest BCUT2D eigenvalue weighted by atomic mass is 9.63. The van der Waals surface area contributed by atoms with Crippen LogP contribution in [0, 0.1) is 5.82 Å². The number of halogens is 3. The van der Waals surface area contributed by atoms with Crippen molar-refractivity contribution in [3.8, 4) is 0 Å². The van der Waals surface area contributed by atoms with E-state index in [1.54, 1.807) is 25.1 Å². The van der Waals surface area contributed by atoms with E-state index in [1.807, 2.05) is 0 Å². The Morgan fingerprint density at radius 1 is 1.26 bits per heavy atom. The third-order valence-electron chi connectivity index (χ3n) is 6.51. The Morgan fingerprint density at radius 3 is 2.74 bits per heavy atom. The number of rotatable bonds is 3. The molecule has 1 spiro atoms. The van der Waals surface area contributed by atoms with Crippen LogP contribution < -0.4 is 16.0 Å². The summed E-state index contributed by atoms with van der Waals surface area (Å²) in [5.41, 5.74) is 5.91. The number of ether oxygens (including phenoxy) is 1. The monoisotopic (exact) mass is 559 g/mol. The molecule has 3 aliphatic rings. The highest BCUT2D eigenvalue weighted by atomic mass is 79.9. The Balaban J connectivity index is 1.92. The summed E-state index contributed by atoms with van der Waals surface area (Å²) < 4.78 is 21.1. The molecule has 1 atom stereocenters. The largest absolute Gasteiger partial charge is 0.462 e. The number of benzene rings is 2. The second-order valence-corrected chi connectivity index (χ2v) is 9.76. The minimum absolute atomic E-state index is 0.00775. The van der Waals surface area contributed by atoms with E-state index >= 15 is 4.39 Å². The van der Waals surface area contributed by atoms with Gasteiger partial charge in [0.1, 0.15) is 22.6 Å². The van der Waals surface area contributed by atoms with Crippen molar-refractivity contribution in [1.29, 1.82) is 0 Å². The molecule has 0 saturated heterocycles. The van der Waals surface area contributed by atoms with Gasteiger partial charge in [-0.1, -0.05) is 27.5 Å². The molecule has 2 heterocycles. The molecule has 3 N–H and O–H groups in total. The van der Waals surface area contributed by atoms with Gasteiger partial charge in [0.05, 0.1) is 12.3 Å². The first-order valence-electron chi connectivity index (χ1n) is 11.0. The first kappa shape index (κ1) is 23.6. The topological polar surface area (TPSA) is 102 Å². The number of carbonyl (C=O) groups excluding carboxylic acids is 3. The van der Waals surface area contributed by atoms with Crippen molar-refractivity contribution in [2.75, 3.05) is 16.8 Å². The summed E-state index contributed by atoms with van der Waals surface area (Å²) in [6.45, 7) is 1.63. The maximum Gasteiger partial charge on any atom is 0.339 e. The number of Topliss-reactive ketones (excluding diaryl/α,β-unsaturated/α-hetero) is 1. The molecule has 2 aromatic rings. The Labute approximate surface area is 213 Å². The molecule has 10 heteroatoms. The number of allylic oxidation sites excluding steroid dienone is 1. The number of nitrogens with two attached hydrogens (primary N) is 1. The summed E-state index contributed by atoms with van der Waals surface area (Å²) in [5.74, 6) is -2.64. The predicted octanol–water partition coefficient (Wildman–Crippen LogP) is 4.69. The fourth-order valence-electron chi connectivity index (χ4n) is 5.22. The number of amides is 1. The number of ketones is 1. The normalized spacial score (nSPS) is 21.3. The van der Waals surface area contributed by atoms with Crippen LogP contribution in [-0.4, -0.2) is 24.3 Å². The van der Waals surface area contributed by atoms with Gasteiger partial charge in [-0.2, -0.15) is 0 Å². The van der Waals surface area contributed by atoms with Crippen LogP contribution in [0.1, 0.15) is 31.7 Å². The van der Waals surface area contributed by atoms with Crippen molar-refractivity contribution in [1.82, 2.24) is 0 Å². The number of hydrogen-bond donors (Lipinski definition) is 2. The SMILES string of the molecule is CCOC(=O)C1=C(N)N(c2ccc(Cl)cc2F)C2=C(C(=O)CCC2)C12C(=O)Nc1ccc(Br)cc12. The van der Waals surface area contributed by atoms with Crippen molar-refractivity contribution in [3.63, 3.8) is 0 Å². The number of esters is 1. The molecule has 0 radical (unpaired) electrons. The van der Waals surface area contributed by atoms with Crippen LogP contribution in [0.2, 0.25) is 5.02 Å². The quantitative estimate of drug-likeness (QED) is 0.528. The molecule has 35 heavy (non-hydrogen) atoms. The van der Waals surface area contributed by atoms with Gasteiger partial charge in [-0.15, -0.1) is 0 Å². The smallest absolute Gasteiger partial charge is 0.339 e. The standard InChI is InChI=1S/C25H20BrClFN3O4/c1-2-35-23(33)21-22(29)31(17-9-7-13(27)11-15(17)28)18-4-3-5-19(32)20(18)25(21)14-10-12(26)6-8-16(14)30-24(25)34/h6-11H,2-5,29H2,1H3,(H,30,34).